The van der Waals surface area contributed by atoms with Gasteiger partial charge in [0.1, 0.15) is 0 Å². The van der Waals surface area contributed by atoms with Crippen LogP contribution >= 0.6 is 0 Å². The summed E-state index contributed by atoms with van der Waals surface area (Å²) in [6.07, 6.45) is 2.64. The summed E-state index contributed by atoms with van der Waals surface area (Å²) in [6, 6.07) is 0. The van der Waals surface area contributed by atoms with E-state index < -0.39 is 0 Å². The molecule has 0 aromatic rings. The molecule has 0 N–H and O–H groups in total. The molecule has 2 aliphatic heterocycles. The molecule has 0 atom stereocenters. The number of hydrogen-bond donors (Lipinski definition) is 0. The standard InChI is InChI=1S/C14H24N2O4/c17-13(15-5-9-19-10-6-15)3-1-2-4-14(18)16-7-11-20-12-8-16/h1-12H2. The van der Waals surface area contributed by atoms with Crippen LogP contribution in [0.2, 0.25) is 0 Å². The minimum atomic E-state index is 0.187. The highest BCUT2D eigenvalue weighted by atomic mass is 16.5. The highest BCUT2D eigenvalue weighted by Crippen LogP contribution is 2.08. The fourth-order valence-corrected chi connectivity index (χ4v) is 2.49. The monoisotopic (exact) mass is 284 g/mol. The zero-order chi connectivity index (χ0) is 14.2. The van der Waals surface area contributed by atoms with Gasteiger partial charge in [-0.25, -0.2) is 0 Å². The fraction of sp³-hybridized carbons (Fsp3) is 0.857. The fourth-order valence-electron chi connectivity index (χ4n) is 2.49. The molecular weight excluding hydrogens is 260 g/mol. The summed E-state index contributed by atoms with van der Waals surface area (Å²) < 4.78 is 10.4. The number of rotatable bonds is 5. The predicted octanol–water partition coefficient (Wildman–Crippen LogP) is 0.264. The number of morpholine rings is 2. The van der Waals surface area contributed by atoms with Crippen LogP contribution in [0, 0.1) is 0 Å². The van der Waals surface area contributed by atoms with Crippen LogP contribution in [-0.4, -0.2) is 74.2 Å². The zero-order valence-corrected chi connectivity index (χ0v) is 12.0. The lowest BCUT2D eigenvalue weighted by Crippen LogP contribution is -2.41. The third-order valence-electron chi connectivity index (χ3n) is 3.76. The lowest BCUT2D eigenvalue weighted by Gasteiger charge is -2.27. The lowest BCUT2D eigenvalue weighted by atomic mass is 10.1. The van der Waals surface area contributed by atoms with E-state index in [4.69, 9.17) is 9.47 Å². The minimum Gasteiger partial charge on any atom is -0.378 e. The second-order valence-electron chi connectivity index (χ2n) is 5.19. The molecule has 6 heteroatoms. The quantitative estimate of drug-likeness (QED) is 0.680. The van der Waals surface area contributed by atoms with Gasteiger partial charge in [-0.3, -0.25) is 9.59 Å². The lowest BCUT2D eigenvalue weighted by molar-refractivity contribution is -0.137. The maximum atomic E-state index is 11.9. The van der Waals surface area contributed by atoms with Gasteiger partial charge in [-0.15, -0.1) is 0 Å². The van der Waals surface area contributed by atoms with Crippen LogP contribution in [0.25, 0.3) is 0 Å². The first-order chi connectivity index (χ1) is 9.77. The van der Waals surface area contributed by atoms with Gasteiger partial charge in [0.15, 0.2) is 0 Å². The number of unbranched alkanes of at least 4 members (excludes halogenated alkanes) is 1. The van der Waals surface area contributed by atoms with Gasteiger partial charge in [0.2, 0.25) is 11.8 Å². The molecule has 0 spiro atoms. The van der Waals surface area contributed by atoms with E-state index in [9.17, 15) is 9.59 Å². The Morgan fingerprint density at radius 2 is 1.05 bits per heavy atom. The maximum absolute atomic E-state index is 11.9. The molecule has 0 aromatic carbocycles. The van der Waals surface area contributed by atoms with E-state index in [0.717, 1.165) is 12.8 Å². The summed E-state index contributed by atoms with van der Waals surface area (Å²) in [6.45, 7) is 5.36. The van der Waals surface area contributed by atoms with Crippen molar-refractivity contribution in [2.75, 3.05) is 52.6 Å². The van der Waals surface area contributed by atoms with Crippen LogP contribution in [0.5, 0.6) is 0 Å². The average molecular weight is 284 g/mol. The normalized spacial score (nSPS) is 20.0. The van der Waals surface area contributed by atoms with Crippen LogP contribution in [0.1, 0.15) is 25.7 Å². The highest BCUT2D eigenvalue weighted by Gasteiger charge is 2.18. The largest absolute Gasteiger partial charge is 0.378 e. The molecule has 0 radical (unpaired) electrons. The van der Waals surface area contributed by atoms with Gasteiger partial charge in [-0.1, -0.05) is 0 Å². The Bertz CT molecular complexity index is 291. The molecule has 20 heavy (non-hydrogen) atoms. The summed E-state index contributed by atoms with van der Waals surface area (Å²) >= 11 is 0. The third kappa shape index (κ3) is 4.76. The number of ether oxygens (including phenoxy) is 2. The molecule has 2 saturated heterocycles. The van der Waals surface area contributed by atoms with E-state index in [0.29, 0.717) is 65.4 Å². The molecule has 0 unspecified atom stereocenters. The molecule has 2 rings (SSSR count). The van der Waals surface area contributed by atoms with Crippen LogP contribution in [0.15, 0.2) is 0 Å². The molecule has 0 bridgehead atoms. The second-order valence-corrected chi connectivity index (χ2v) is 5.19. The molecule has 2 aliphatic rings. The van der Waals surface area contributed by atoms with Crippen LogP contribution in [0.4, 0.5) is 0 Å². The van der Waals surface area contributed by atoms with Gasteiger partial charge in [0.05, 0.1) is 26.4 Å². The first-order valence-electron chi connectivity index (χ1n) is 7.48. The molecule has 6 nitrogen and oxygen atoms in total. The summed E-state index contributed by atoms with van der Waals surface area (Å²) in [5, 5.41) is 0. The van der Waals surface area contributed by atoms with Crippen molar-refractivity contribution in [1.82, 2.24) is 9.80 Å². The van der Waals surface area contributed by atoms with Crippen LogP contribution in [0.3, 0.4) is 0 Å². The Morgan fingerprint density at radius 1 is 0.700 bits per heavy atom. The molecule has 2 amide bonds. The van der Waals surface area contributed by atoms with Crippen LogP contribution < -0.4 is 0 Å². The molecule has 0 saturated carbocycles. The van der Waals surface area contributed by atoms with Gasteiger partial charge in [0.25, 0.3) is 0 Å². The smallest absolute Gasteiger partial charge is 0.222 e. The Balaban J connectivity index is 1.56. The van der Waals surface area contributed by atoms with Gasteiger partial charge in [-0.05, 0) is 12.8 Å². The zero-order valence-electron chi connectivity index (χ0n) is 12.0. The predicted molar refractivity (Wildman–Crippen MR) is 73.3 cm³/mol. The molecule has 0 aromatic heterocycles. The van der Waals surface area contributed by atoms with E-state index in [-0.39, 0.29) is 11.8 Å². The number of carbonyl (C=O) groups is 2. The Kier molecular flexibility index (Phi) is 6.26. The van der Waals surface area contributed by atoms with E-state index in [1.807, 2.05) is 9.80 Å². The Hall–Kier alpha value is -1.14. The Morgan fingerprint density at radius 3 is 1.40 bits per heavy atom. The second kappa shape index (κ2) is 8.21. The average Bonchev–Trinajstić information content (AvgIpc) is 2.53. The first-order valence-corrected chi connectivity index (χ1v) is 7.48. The Labute approximate surface area is 120 Å². The summed E-state index contributed by atoms with van der Waals surface area (Å²) in [5.41, 5.74) is 0. The van der Waals surface area contributed by atoms with Gasteiger partial charge in [0, 0.05) is 39.0 Å². The third-order valence-corrected chi connectivity index (χ3v) is 3.76. The van der Waals surface area contributed by atoms with Crippen molar-refractivity contribution < 1.29 is 19.1 Å². The summed E-state index contributed by atoms with van der Waals surface area (Å²) in [5.74, 6) is 0.374. The summed E-state index contributed by atoms with van der Waals surface area (Å²) in [4.78, 5) is 27.5. The van der Waals surface area contributed by atoms with Gasteiger partial charge in [-0.2, -0.15) is 0 Å². The molecule has 2 heterocycles. The number of hydrogen-bond acceptors (Lipinski definition) is 4. The molecule has 2 fully saturated rings. The van der Waals surface area contributed by atoms with Crippen molar-refractivity contribution in [3.8, 4) is 0 Å². The number of nitrogens with zero attached hydrogens (tertiary/aromatic N) is 2. The van der Waals surface area contributed by atoms with Gasteiger partial charge >= 0.3 is 0 Å². The van der Waals surface area contributed by atoms with E-state index in [1.54, 1.807) is 0 Å². The molecule has 114 valence electrons. The maximum Gasteiger partial charge on any atom is 0.222 e. The first kappa shape index (κ1) is 15.3. The van der Waals surface area contributed by atoms with E-state index in [1.165, 1.54) is 0 Å². The summed E-state index contributed by atoms with van der Waals surface area (Å²) in [7, 11) is 0. The SMILES string of the molecule is O=C(CCCCC(=O)N1CCOCC1)N1CCOCC1. The number of amides is 2. The van der Waals surface area contributed by atoms with Crippen molar-refractivity contribution in [3.63, 3.8) is 0 Å². The van der Waals surface area contributed by atoms with E-state index >= 15 is 0 Å². The van der Waals surface area contributed by atoms with Crippen molar-refractivity contribution in [3.05, 3.63) is 0 Å². The van der Waals surface area contributed by atoms with Crippen molar-refractivity contribution in [2.24, 2.45) is 0 Å². The molecular formula is C14H24N2O4. The van der Waals surface area contributed by atoms with Crippen LogP contribution in [-0.2, 0) is 19.1 Å². The minimum absolute atomic E-state index is 0.187. The highest BCUT2D eigenvalue weighted by molar-refractivity contribution is 5.77. The van der Waals surface area contributed by atoms with Crippen molar-refractivity contribution >= 4 is 11.8 Å². The number of carbonyl (C=O) groups excluding carboxylic acids is 2. The van der Waals surface area contributed by atoms with Crippen molar-refractivity contribution in [2.45, 2.75) is 25.7 Å². The van der Waals surface area contributed by atoms with E-state index in [2.05, 4.69) is 0 Å². The molecule has 0 aliphatic carbocycles. The van der Waals surface area contributed by atoms with Crippen molar-refractivity contribution in [1.29, 1.82) is 0 Å². The van der Waals surface area contributed by atoms with Gasteiger partial charge < -0.3 is 19.3 Å². The topological polar surface area (TPSA) is 59.1 Å².